The Bertz CT molecular complexity index is 669. The van der Waals surface area contributed by atoms with Crippen molar-refractivity contribution in [3.05, 3.63) is 76.4 Å². The summed E-state index contributed by atoms with van der Waals surface area (Å²) >= 11 is 0. The van der Waals surface area contributed by atoms with Gasteiger partial charge < -0.3 is 5.11 Å². The Balaban J connectivity index is 1.76. The normalized spacial score (nSPS) is 23.9. The van der Waals surface area contributed by atoms with Gasteiger partial charge in [-0.2, -0.15) is 0 Å². The van der Waals surface area contributed by atoms with E-state index in [2.05, 4.69) is 54.6 Å². The number of benzene rings is 2. The average Bonchev–Trinajstić information content (AvgIpc) is 2.97. The van der Waals surface area contributed by atoms with Gasteiger partial charge in [-0.15, -0.1) is 0 Å². The van der Waals surface area contributed by atoms with Crippen molar-refractivity contribution in [2.75, 3.05) is 0 Å². The van der Waals surface area contributed by atoms with Crippen LogP contribution in [0.3, 0.4) is 0 Å². The zero-order valence-corrected chi connectivity index (χ0v) is 10.7. The molecule has 2 aliphatic rings. The van der Waals surface area contributed by atoms with Gasteiger partial charge >= 0.3 is 0 Å². The van der Waals surface area contributed by atoms with Crippen LogP contribution >= 0.6 is 0 Å². The lowest BCUT2D eigenvalue weighted by molar-refractivity contribution is 0.168. The van der Waals surface area contributed by atoms with Crippen LogP contribution in [0.4, 0.5) is 0 Å². The standard InChI is InChI=1S/C18H16O/c19-17-11-14-7-3-4-8-16(14)18(17)15-9-12-5-1-2-6-13(12)10-15/h1-9,17-19H,10-11H2. The smallest absolute Gasteiger partial charge is 0.0686 e. The van der Waals surface area contributed by atoms with Crippen molar-refractivity contribution < 1.29 is 5.11 Å². The third kappa shape index (κ3) is 1.66. The summed E-state index contributed by atoms with van der Waals surface area (Å²) in [5.41, 5.74) is 6.67. The maximum absolute atomic E-state index is 10.4. The van der Waals surface area contributed by atoms with E-state index in [9.17, 15) is 5.11 Å². The molecule has 0 fully saturated rings. The summed E-state index contributed by atoms with van der Waals surface area (Å²) in [6, 6.07) is 17.0. The molecule has 0 heterocycles. The van der Waals surface area contributed by atoms with Crippen LogP contribution in [-0.4, -0.2) is 11.2 Å². The average molecular weight is 248 g/mol. The molecule has 2 aromatic rings. The van der Waals surface area contributed by atoms with E-state index in [1.54, 1.807) is 0 Å². The molecule has 0 saturated heterocycles. The molecule has 0 radical (unpaired) electrons. The molecule has 0 saturated carbocycles. The minimum atomic E-state index is -0.266. The van der Waals surface area contributed by atoms with Crippen LogP contribution in [0, 0.1) is 0 Å². The maximum atomic E-state index is 10.4. The number of rotatable bonds is 1. The summed E-state index contributed by atoms with van der Waals surface area (Å²) in [4.78, 5) is 0. The van der Waals surface area contributed by atoms with Crippen molar-refractivity contribution in [1.82, 2.24) is 0 Å². The molecule has 2 unspecified atom stereocenters. The monoisotopic (exact) mass is 248 g/mol. The van der Waals surface area contributed by atoms with E-state index in [0.717, 1.165) is 12.8 Å². The van der Waals surface area contributed by atoms with Gasteiger partial charge in [-0.05, 0) is 35.1 Å². The highest BCUT2D eigenvalue weighted by molar-refractivity contribution is 5.66. The molecule has 0 aliphatic heterocycles. The van der Waals surface area contributed by atoms with Crippen LogP contribution in [0.5, 0.6) is 0 Å². The number of aliphatic hydroxyl groups excluding tert-OH is 1. The first-order chi connectivity index (χ1) is 9.33. The summed E-state index contributed by atoms with van der Waals surface area (Å²) in [7, 11) is 0. The van der Waals surface area contributed by atoms with Gasteiger partial charge in [-0.25, -0.2) is 0 Å². The van der Waals surface area contributed by atoms with Gasteiger partial charge in [-0.1, -0.05) is 60.2 Å². The van der Waals surface area contributed by atoms with Gasteiger partial charge in [0.05, 0.1) is 6.10 Å². The predicted molar refractivity (Wildman–Crippen MR) is 77.0 cm³/mol. The van der Waals surface area contributed by atoms with Gasteiger partial charge in [-0.3, -0.25) is 0 Å². The summed E-state index contributed by atoms with van der Waals surface area (Å²) in [6.45, 7) is 0. The van der Waals surface area contributed by atoms with E-state index in [1.807, 2.05) is 0 Å². The van der Waals surface area contributed by atoms with Crippen LogP contribution in [0.2, 0.25) is 0 Å². The van der Waals surface area contributed by atoms with Crippen LogP contribution in [0.25, 0.3) is 6.08 Å². The molecule has 1 nitrogen and oxygen atoms in total. The highest BCUT2D eigenvalue weighted by atomic mass is 16.3. The first-order valence-corrected chi connectivity index (χ1v) is 6.87. The van der Waals surface area contributed by atoms with E-state index in [1.165, 1.54) is 27.8 Å². The van der Waals surface area contributed by atoms with E-state index < -0.39 is 0 Å². The summed E-state index contributed by atoms with van der Waals surface area (Å²) in [6.07, 6.45) is 3.77. The van der Waals surface area contributed by atoms with E-state index in [0.29, 0.717) is 0 Å². The van der Waals surface area contributed by atoms with Crippen molar-refractivity contribution >= 4 is 6.08 Å². The molecule has 2 aliphatic carbocycles. The lowest BCUT2D eigenvalue weighted by Crippen LogP contribution is -2.15. The van der Waals surface area contributed by atoms with Crippen LogP contribution in [-0.2, 0) is 12.8 Å². The Morgan fingerprint density at radius 1 is 0.895 bits per heavy atom. The highest BCUT2D eigenvalue weighted by Crippen LogP contribution is 2.42. The molecule has 2 aromatic carbocycles. The molecule has 2 atom stereocenters. The van der Waals surface area contributed by atoms with E-state index >= 15 is 0 Å². The Morgan fingerprint density at radius 2 is 1.63 bits per heavy atom. The SMILES string of the molecule is OC1Cc2ccccc2C1C1=Cc2ccccc2C1. The molecule has 0 bridgehead atoms. The van der Waals surface area contributed by atoms with Gasteiger partial charge in [0, 0.05) is 5.92 Å². The van der Waals surface area contributed by atoms with E-state index in [4.69, 9.17) is 0 Å². The molecule has 4 rings (SSSR count). The predicted octanol–water partition coefficient (Wildman–Crippen LogP) is 3.33. The van der Waals surface area contributed by atoms with Crippen LogP contribution in [0.15, 0.2) is 54.1 Å². The Kier molecular flexibility index (Phi) is 2.36. The molecule has 0 amide bonds. The second kappa shape index (κ2) is 4.07. The highest BCUT2D eigenvalue weighted by Gasteiger charge is 2.34. The van der Waals surface area contributed by atoms with Crippen molar-refractivity contribution in [3.63, 3.8) is 0 Å². The summed E-state index contributed by atoms with van der Waals surface area (Å²) in [5, 5.41) is 10.4. The molecule has 1 N–H and O–H groups in total. The minimum Gasteiger partial charge on any atom is -0.392 e. The fraction of sp³-hybridized carbons (Fsp3) is 0.222. The summed E-state index contributed by atoms with van der Waals surface area (Å²) < 4.78 is 0. The van der Waals surface area contributed by atoms with Crippen molar-refractivity contribution in [2.45, 2.75) is 24.9 Å². The van der Waals surface area contributed by atoms with Crippen LogP contribution < -0.4 is 0 Å². The Hall–Kier alpha value is -1.86. The van der Waals surface area contributed by atoms with Gasteiger partial charge in [0.2, 0.25) is 0 Å². The first kappa shape index (κ1) is 11.0. The third-order valence-electron chi connectivity index (χ3n) is 4.39. The molecule has 1 heteroatoms. The van der Waals surface area contributed by atoms with Gasteiger partial charge in [0.15, 0.2) is 0 Å². The topological polar surface area (TPSA) is 20.2 Å². The first-order valence-electron chi connectivity index (χ1n) is 6.87. The number of aliphatic hydroxyl groups is 1. The van der Waals surface area contributed by atoms with Gasteiger partial charge in [0.25, 0.3) is 0 Å². The fourth-order valence-electron chi connectivity index (χ4n) is 3.53. The molecular weight excluding hydrogens is 232 g/mol. The summed E-state index contributed by atoms with van der Waals surface area (Å²) in [5.74, 6) is 0.184. The maximum Gasteiger partial charge on any atom is 0.0686 e. The molecule has 0 spiro atoms. The molecule has 19 heavy (non-hydrogen) atoms. The zero-order chi connectivity index (χ0) is 12.8. The lowest BCUT2D eigenvalue weighted by atomic mass is 9.90. The van der Waals surface area contributed by atoms with Crippen molar-refractivity contribution in [1.29, 1.82) is 0 Å². The largest absolute Gasteiger partial charge is 0.392 e. The number of hydrogen-bond donors (Lipinski definition) is 1. The third-order valence-corrected chi connectivity index (χ3v) is 4.39. The Morgan fingerprint density at radius 3 is 2.47 bits per heavy atom. The number of hydrogen-bond acceptors (Lipinski definition) is 1. The molecule has 94 valence electrons. The lowest BCUT2D eigenvalue weighted by Gasteiger charge is -2.17. The van der Waals surface area contributed by atoms with Crippen LogP contribution in [0.1, 0.15) is 28.2 Å². The van der Waals surface area contributed by atoms with E-state index in [-0.39, 0.29) is 12.0 Å². The second-order valence-electron chi connectivity index (χ2n) is 5.54. The van der Waals surface area contributed by atoms with Gasteiger partial charge in [0.1, 0.15) is 0 Å². The Labute approximate surface area is 113 Å². The fourth-order valence-corrected chi connectivity index (χ4v) is 3.53. The van der Waals surface area contributed by atoms with Crippen molar-refractivity contribution in [2.24, 2.45) is 0 Å². The molecule has 0 aromatic heterocycles. The quantitative estimate of drug-likeness (QED) is 0.820. The number of fused-ring (bicyclic) bond motifs is 2. The zero-order valence-electron chi connectivity index (χ0n) is 10.7. The van der Waals surface area contributed by atoms with Crippen molar-refractivity contribution in [3.8, 4) is 0 Å². The second-order valence-corrected chi connectivity index (χ2v) is 5.54. The molecular formula is C18H16O. The minimum absolute atomic E-state index is 0.184.